The summed E-state index contributed by atoms with van der Waals surface area (Å²) in [5, 5.41) is 9.11. The summed E-state index contributed by atoms with van der Waals surface area (Å²) >= 11 is 0. The van der Waals surface area contributed by atoms with Gasteiger partial charge in [0.15, 0.2) is 0 Å². The fourth-order valence-electron chi connectivity index (χ4n) is 1.81. The fourth-order valence-corrected chi connectivity index (χ4v) is 3.21. The van der Waals surface area contributed by atoms with Crippen molar-refractivity contribution in [3.8, 4) is 5.75 Å². The quantitative estimate of drug-likeness (QED) is 0.685. The van der Waals surface area contributed by atoms with Crippen LogP contribution in [-0.2, 0) is 10.0 Å². The van der Waals surface area contributed by atoms with Gasteiger partial charge in [-0.05, 0) is 43.5 Å². The largest absolute Gasteiger partial charge is 0.493 e. The third-order valence-electron chi connectivity index (χ3n) is 3.25. The summed E-state index contributed by atoms with van der Waals surface area (Å²) in [7, 11) is -3.61. The van der Waals surface area contributed by atoms with Crippen LogP contribution in [0.2, 0.25) is 0 Å². The van der Waals surface area contributed by atoms with Crippen molar-refractivity contribution in [3.05, 3.63) is 23.8 Å². The van der Waals surface area contributed by atoms with Gasteiger partial charge in [0, 0.05) is 6.04 Å². The van der Waals surface area contributed by atoms with Gasteiger partial charge in [-0.25, -0.2) is 13.1 Å². The van der Waals surface area contributed by atoms with E-state index in [0.29, 0.717) is 18.8 Å². The van der Waals surface area contributed by atoms with E-state index in [9.17, 15) is 8.42 Å². The molecule has 6 heteroatoms. The maximum atomic E-state index is 12.2. The molecule has 0 heterocycles. The number of sulfonamides is 1. The number of rotatable bonds is 9. The van der Waals surface area contributed by atoms with Crippen LogP contribution in [0.25, 0.3) is 0 Å². The van der Waals surface area contributed by atoms with Gasteiger partial charge >= 0.3 is 0 Å². The van der Waals surface area contributed by atoms with Gasteiger partial charge in [-0.15, -0.1) is 0 Å². The molecule has 1 aromatic rings. The minimum Gasteiger partial charge on any atom is -0.493 e. The highest BCUT2D eigenvalue weighted by atomic mass is 32.2. The molecule has 0 spiro atoms. The van der Waals surface area contributed by atoms with Gasteiger partial charge in [-0.2, -0.15) is 0 Å². The number of ether oxygens (including phenoxy) is 1. The van der Waals surface area contributed by atoms with E-state index in [4.69, 9.17) is 9.84 Å². The Labute approximate surface area is 127 Å². The van der Waals surface area contributed by atoms with Crippen molar-refractivity contribution in [1.82, 2.24) is 4.72 Å². The molecule has 1 rings (SSSR count). The zero-order valence-electron chi connectivity index (χ0n) is 12.9. The number of benzene rings is 1. The Morgan fingerprint density at radius 3 is 2.57 bits per heavy atom. The second-order valence-electron chi connectivity index (χ2n) is 5.04. The van der Waals surface area contributed by atoms with Gasteiger partial charge in [0.05, 0.1) is 18.1 Å². The van der Waals surface area contributed by atoms with Crippen LogP contribution in [0.3, 0.4) is 0 Å². The number of hydrogen-bond donors (Lipinski definition) is 2. The zero-order chi connectivity index (χ0) is 15.9. The lowest BCUT2D eigenvalue weighted by Crippen LogP contribution is -2.36. The molecule has 2 N–H and O–H groups in total. The molecule has 0 aromatic heterocycles. The second-order valence-corrected chi connectivity index (χ2v) is 6.75. The van der Waals surface area contributed by atoms with Crippen LogP contribution in [0, 0.1) is 6.92 Å². The van der Waals surface area contributed by atoms with Crippen molar-refractivity contribution in [1.29, 1.82) is 0 Å². The number of nitrogens with one attached hydrogen (secondary N) is 1. The normalized spacial score (nSPS) is 13.1. The van der Waals surface area contributed by atoms with Crippen LogP contribution in [0.4, 0.5) is 0 Å². The highest BCUT2D eigenvalue weighted by molar-refractivity contribution is 7.89. The van der Waals surface area contributed by atoms with E-state index in [1.54, 1.807) is 12.1 Å². The molecule has 5 nitrogen and oxygen atoms in total. The topological polar surface area (TPSA) is 75.6 Å². The average molecular weight is 315 g/mol. The van der Waals surface area contributed by atoms with E-state index in [1.807, 2.05) is 13.8 Å². The molecule has 120 valence electrons. The van der Waals surface area contributed by atoms with Crippen LogP contribution in [-0.4, -0.2) is 32.8 Å². The van der Waals surface area contributed by atoms with Gasteiger partial charge in [0.2, 0.25) is 10.0 Å². The summed E-state index contributed by atoms with van der Waals surface area (Å²) in [5.41, 5.74) is 0.783. The molecule has 0 aliphatic carbocycles. The van der Waals surface area contributed by atoms with E-state index in [1.165, 1.54) is 6.07 Å². The van der Waals surface area contributed by atoms with E-state index >= 15 is 0 Å². The van der Waals surface area contributed by atoms with E-state index < -0.39 is 16.1 Å². The zero-order valence-corrected chi connectivity index (χ0v) is 13.7. The Bertz CT molecular complexity index is 539. The first-order chi connectivity index (χ1) is 9.94. The second kappa shape index (κ2) is 8.36. The first-order valence-corrected chi connectivity index (χ1v) is 8.79. The molecule has 0 radical (unpaired) electrons. The molecule has 1 atom stereocenters. The maximum Gasteiger partial charge on any atom is 0.240 e. The Kier molecular flexibility index (Phi) is 7.14. The molecule has 0 aliphatic heterocycles. The Balaban J connectivity index is 2.86. The third-order valence-corrected chi connectivity index (χ3v) is 4.77. The van der Waals surface area contributed by atoms with Crippen molar-refractivity contribution >= 4 is 10.0 Å². The number of unbranched alkanes of at least 4 members (excludes halogenated alkanes) is 1. The van der Waals surface area contributed by atoms with Crippen LogP contribution < -0.4 is 9.46 Å². The van der Waals surface area contributed by atoms with Crippen LogP contribution in [0.1, 0.15) is 38.7 Å². The predicted octanol–water partition coefficient (Wildman–Crippen LogP) is 2.22. The van der Waals surface area contributed by atoms with Crippen LogP contribution in [0.5, 0.6) is 5.75 Å². The Morgan fingerprint density at radius 1 is 1.33 bits per heavy atom. The van der Waals surface area contributed by atoms with Crippen molar-refractivity contribution < 1.29 is 18.3 Å². The minimum absolute atomic E-state index is 0.190. The molecule has 0 fully saturated rings. The minimum atomic E-state index is -3.61. The van der Waals surface area contributed by atoms with Crippen LogP contribution >= 0.6 is 0 Å². The van der Waals surface area contributed by atoms with E-state index in [-0.39, 0.29) is 11.5 Å². The molecule has 0 bridgehead atoms. The lowest BCUT2D eigenvalue weighted by Gasteiger charge is -2.15. The molecule has 0 aliphatic rings. The van der Waals surface area contributed by atoms with E-state index in [2.05, 4.69) is 11.6 Å². The maximum absolute atomic E-state index is 12.2. The molecular formula is C15H25NO4S. The Morgan fingerprint density at radius 2 is 2.05 bits per heavy atom. The highest BCUT2D eigenvalue weighted by Gasteiger charge is 2.19. The predicted molar refractivity (Wildman–Crippen MR) is 83.1 cm³/mol. The van der Waals surface area contributed by atoms with E-state index in [0.717, 1.165) is 18.4 Å². The van der Waals surface area contributed by atoms with Gasteiger partial charge in [-0.3, -0.25) is 0 Å². The third kappa shape index (κ3) is 5.30. The fraction of sp³-hybridized carbons (Fsp3) is 0.600. The van der Waals surface area contributed by atoms with Gasteiger partial charge < -0.3 is 9.84 Å². The number of aliphatic hydroxyl groups excluding tert-OH is 1. The standard InChI is InChI=1S/C15H25NO4S/c1-4-6-9-20-15-8-7-14(10-12(15)3)21(18,19)16-13(5-2)11-17/h7-8,10,13,16-17H,4-6,9,11H2,1-3H3. The van der Waals surface area contributed by atoms with Crippen molar-refractivity contribution in [2.24, 2.45) is 0 Å². The lowest BCUT2D eigenvalue weighted by atomic mass is 10.2. The molecule has 21 heavy (non-hydrogen) atoms. The number of aliphatic hydroxyl groups is 1. The lowest BCUT2D eigenvalue weighted by molar-refractivity contribution is 0.254. The van der Waals surface area contributed by atoms with Crippen molar-refractivity contribution in [2.75, 3.05) is 13.2 Å². The van der Waals surface area contributed by atoms with Crippen LogP contribution in [0.15, 0.2) is 23.1 Å². The molecule has 0 saturated heterocycles. The number of hydrogen-bond acceptors (Lipinski definition) is 4. The first-order valence-electron chi connectivity index (χ1n) is 7.31. The van der Waals surface area contributed by atoms with Gasteiger partial charge in [0.25, 0.3) is 0 Å². The summed E-state index contributed by atoms with van der Waals surface area (Å²) in [6.45, 7) is 6.14. The average Bonchev–Trinajstić information content (AvgIpc) is 2.46. The summed E-state index contributed by atoms with van der Waals surface area (Å²) < 4.78 is 32.5. The first kappa shape index (κ1) is 17.9. The highest BCUT2D eigenvalue weighted by Crippen LogP contribution is 2.22. The SMILES string of the molecule is CCCCOc1ccc(S(=O)(=O)NC(CC)CO)cc1C. The summed E-state index contributed by atoms with van der Waals surface area (Å²) in [6.07, 6.45) is 2.55. The van der Waals surface area contributed by atoms with Gasteiger partial charge in [-0.1, -0.05) is 20.3 Å². The summed E-state index contributed by atoms with van der Waals surface area (Å²) in [5.74, 6) is 0.705. The molecule has 0 amide bonds. The van der Waals surface area contributed by atoms with Crippen molar-refractivity contribution in [2.45, 2.75) is 51.0 Å². The molecule has 0 saturated carbocycles. The monoisotopic (exact) mass is 315 g/mol. The summed E-state index contributed by atoms with van der Waals surface area (Å²) in [6, 6.07) is 4.34. The molecular weight excluding hydrogens is 290 g/mol. The number of aryl methyl sites for hydroxylation is 1. The van der Waals surface area contributed by atoms with Gasteiger partial charge in [0.1, 0.15) is 5.75 Å². The Hall–Kier alpha value is -1.11. The molecule has 1 unspecified atom stereocenters. The molecule has 1 aromatic carbocycles. The summed E-state index contributed by atoms with van der Waals surface area (Å²) in [4.78, 5) is 0.190. The smallest absolute Gasteiger partial charge is 0.240 e. The van der Waals surface area contributed by atoms with Crippen molar-refractivity contribution in [3.63, 3.8) is 0 Å².